The highest BCUT2D eigenvalue weighted by atomic mass is 16.3. The zero-order valence-corrected chi connectivity index (χ0v) is 15.7. The number of rotatable bonds is 5. The molecule has 1 aromatic rings. The zero-order valence-electron chi connectivity index (χ0n) is 15.7. The van der Waals surface area contributed by atoms with Crippen LogP contribution in [-0.2, 0) is 4.79 Å². The summed E-state index contributed by atoms with van der Waals surface area (Å²) in [5.74, 6) is 0.460. The lowest BCUT2D eigenvalue weighted by Gasteiger charge is -2.41. The van der Waals surface area contributed by atoms with Crippen molar-refractivity contribution in [3.63, 3.8) is 0 Å². The molecule has 2 heterocycles. The summed E-state index contributed by atoms with van der Waals surface area (Å²) in [5, 5.41) is 12.8. The van der Waals surface area contributed by atoms with Crippen LogP contribution in [0.15, 0.2) is 18.3 Å². The number of aliphatic hydroxyl groups is 1. The number of hydrogen-bond acceptors (Lipinski definition) is 5. The Hall–Kier alpha value is -1.99. The van der Waals surface area contributed by atoms with Crippen molar-refractivity contribution in [2.75, 3.05) is 31.5 Å². The number of nitrogens with zero attached hydrogens (tertiary/aromatic N) is 3. The number of amides is 2. The third-order valence-corrected chi connectivity index (χ3v) is 4.79. The quantitative estimate of drug-likeness (QED) is 0.828. The molecule has 1 unspecified atom stereocenters. The number of piperazine rings is 1. The molecule has 1 aliphatic heterocycles. The molecular weight excluding hydrogens is 332 g/mol. The molecule has 26 heavy (non-hydrogen) atoms. The molecule has 7 nitrogen and oxygen atoms in total. The van der Waals surface area contributed by atoms with Crippen LogP contribution in [0.5, 0.6) is 0 Å². The molecule has 7 heteroatoms. The molecule has 2 N–H and O–H groups in total. The van der Waals surface area contributed by atoms with Gasteiger partial charge in [-0.2, -0.15) is 0 Å². The van der Waals surface area contributed by atoms with Gasteiger partial charge in [0.15, 0.2) is 0 Å². The number of aromatic nitrogens is 1. The van der Waals surface area contributed by atoms with E-state index in [4.69, 9.17) is 0 Å². The highest BCUT2D eigenvalue weighted by molar-refractivity contribution is 5.97. The van der Waals surface area contributed by atoms with Crippen LogP contribution in [0.25, 0.3) is 0 Å². The van der Waals surface area contributed by atoms with E-state index in [1.165, 1.54) is 0 Å². The Morgan fingerprint density at radius 3 is 2.69 bits per heavy atom. The molecule has 0 aromatic carbocycles. The van der Waals surface area contributed by atoms with E-state index < -0.39 is 5.60 Å². The topological polar surface area (TPSA) is 85.8 Å². The third-order valence-electron chi connectivity index (χ3n) is 4.79. The predicted molar refractivity (Wildman–Crippen MR) is 98.8 cm³/mol. The Labute approximate surface area is 154 Å². The van der Waals surface area contributed by atoms with Gasteiger partial charge in [-0.05, 0) is 45.7 Å². The first kappa shape index (κ1) is 18.8. The van der Waals surface area contributed by atoms with Crippen molar-refractivity contribution in [3.8, 4) is 0 Å². The van der Waals surface area contributed by atoms with Crippen molar-refractivity contribution in [2.45, 2.75) is 45.3 Å². The third kappa shape index (κ3) is 4.80. The van der Waals surface area contributed by atoms with Gasteiger partial charge >= 0.3 is 0 Å². The lowest BCUT2D eigenvalue weighted by Crippen LogP contribution is -2.56. The summed E-state index contributed by atoms with van der Waals surface area (Å²) in [7, 11) is 0. The lowest BCUT2D eigenvalue weighted by molar-refractivity contribution is -0.117. The summed E-state index contributed by atoms with van der Waals surface area (Å²) in [4.78, 5) is 33.0. The number of anilines is 1. The van der Waals surface area contributed by atoms with Gasteiger partial charge in [0, 0.05) is 49.9 Å². The van der Waals surface area contributed by atoms with Gasteiger partial charge in [-0.25, -0.2) is 4.98 Å². The van der Waals surface area contributed by atoms with Gasteiger partial charge < -0.3 is 15.3 Å². The van der Waals surface area contributed by atoms with E-state index in [2.05, 4.69) is 15.2 Å². The Morgan fingerprint density at radius 1 is 1.35 bits per heavy atom. The molecule has 1 atom stereocenters. The molecule has 0 radical (unpaired) electrons. The van der Waals surface area contributed by atoms with Crippen molar-refractivity contribution in [1.82, 2.24) is 14.8 Å². The van der Waals surface area contributed by atoms with Crippen LogP contribution in [0.2, 0.25) is 0 Å². The second-order valence-electron chi connectivity index (χ2n) is 8.09. The van der Waals surface area contributed by atoms with Crippen LogP contribution in [-0.4, -0.2) is 69.5 Å². The monoisotopic (exact) mass is 360 g/mol. The van der Waals surface area contributed by atoms with Crippen LogP contribution in [0.4, 0.5) is 5.82 Å². The van der Waals surface area contributed by atoms with E-state index in [-0.39, 0.29) is 23.8 Å². The maximum atomic E-state index is 12.9. The van der Waals surface area contributed by atoms with Crippen molar-refractivity contribution in [3.05, 3.63) is 23.9 Å². The molecule has 1 saturated heterocycles. The summed E-state index contributed by atoms with van der Waals surface area (Å²) < 4.78 is 0. The number of nitrogens with one attached hydrogen (secondary N) is 1. The van der Waals surface area contributed by atoms with Crippen molar-refractivity contribution >= 4 is 17.6 Å². The number of β-amino-alcohol motifs (C(OH)–C–C–N with tert-alkyl or cyclic N) is 1. The first-order valence-corrected chi connectivity index (χ1v) is 9.25. The van der Waals surface area contributed by atoms with Gasteiger partial charge in [0.05, 0.1) is 5.60 Å². The van der Waals surface area contributed by atoms with Crippen LogP contribution in [0.3, 0.4) is 0 Å². The standard InChI is InChI=1S/C19H28N4O3/c1-13-11-22(12-19(2,3)26)8-9-23(13)18(25)15-6-7-20-16(10-15)21-17(24)14-4-5-14/h6-7,10,13-14,26H,4-5,8-9,11-12H2,1-3H3,(H,20,21,24). The van der Waals surface area contributed by atoms with E-state index in [1.54, 1.807) is 32.2 Å². The minimum atomic E-state index is -0.744. The number of pyridine rings is 1. The molecular formula is C19H28N4O3. The Balaban J connectivity index is 1.63. The van der Waals surface area contributed by atoms with Crippen LogP contribution in [0.1, 0.15) is 44.0 Å². The summed E-state index contributed by atoms with van der Waals surface area (Å²) in [6.45, 7) is 8.27. The highest BCUT2D eigenvalue weighted by Crippen LogP contribution is 2.30. The van der Waals surface area contributed by atoms with Crippen LogP contribution >= 0.6 is 0 Å². The molecule has 2 amide bonds. The fraction of sp³-hybridized carbons (Fsp3) is 0.632. The van der Waals surface area contributed by atoms with Crippen LogP contribution in [0, 0.1) is 5.92 Å². The average molecular weight is 360 g/mol. The van der Waals surface area contributed by atoms with Gasteiger partial charge in [0.2, 0.25) is 5.91 Å². The van der Waals surface area contributed by atoms with E-state index in [0.29, 0.717) is 24.5 Å². The first-order valence-electron chi connectivity index (χ1n) is 9.25. The number of carbonyl (C=O) groups is 2. The molecule has 1 aliphatic carbocycles. The largest absolute Gasteiger partial charge is 0.389 e. The van der Waals surface area contributed by atoms with Crippen LogP contribution < -0.4 is 5.32 Å². The van der Waals surface area contributed by atoms with Gasteiger partial charge in [-0.1, -0.05) is 0 Å². The maximum Gasteiger partial charge on any atom is 0.254 e. The van der Waals surface area contributed by atoms with Crippen molar-refractivity contribution < 1.29 is 14.7 Å². The van der Waals surface area contributed by atoms with Gasteiger partial charge in [0.25, 0.3) is 5.91 Å². The Morgan fingerprint density at radius 2 is 2.08 bits per heavy atom. The first-order chi connectivity index (χ1) is 12.2. The summed E-state index contributed by atoms with van der Waals surface area (Å²) in [5.41, 5.74) is -0.208. The van der Waals surface area contributed by atoms with Crippen molar-refractivity contribution in [2.24, 2.45) is 5.92 Å². The van der Waals surface area contributed by atoms with E-state index in [9.17, 15) is 14.7 Å². The SMILES string of the molecule is CC1CN(CC(C)(C)O)CCN1C(=O)c1ccnc(NC(=O)C2CC2)c1. The summed E-state index contributed by atoms with van der Waals surface area (Å²) >= 11 is 0. The highest BCUT2D eigenvalue weighted by Gasteiger charge is 2.31. The predicted octanol–water partition coefficient (Wildman–Crippen LogP) is 1.35. The molecule has 2 fully saturated rings. The second-order valence-corrected chi connectivity index (χ2v) is 8.09. The molecule has 0 spiro atoms. The molecule has 1 saturated carbocycles. The molecule has 2 aliphatic rings. The van der Waals surface area contributed by atoms with E-state index in [1.807, 2.05) is 11.8 Å². The minimum absolute atomic E-state index is 0.0179. The fourth-order valence-electron chi connectivity index (χ4n) is 3.40. The lowest BCUT2D eigenvalue weighted by atomic mass is 10.1. The Bertz CT molecular complexity index is 682. The molecule has 3 rings (SSSR count). The van der Waals surface area contributed by atoms with E-state index >= 15 is 0 Å². The average Bonchev–Trinajstić information content (AvgIpc) is 3.38. The van der Waals surface area contributed by atoms with Gasteiger partial charge in [-0.3, -0.25) is 14.5 Å². The molecule has 142 valence electrons. The van der Waals surface area contributed by atoms with E-state index in [0.717, 1.165) is 25.9 Å². The van der Waals surface area contributed by atoms with Gasteiger partial charge in [0.1, 0.15) is 5.82 Å². The number of carbonyl (C=O) groups excluding carboxylic acids is 2. The fourth-order valence-corrected chi connectivity index (χ4v) is 3.40. The molecule has 1 aromatic heterocycles. The Kier molecular flexibility index (Phi) is 5.29. The smallest absolute Gasteiger partial charge is 0.254 e. The number of hydrogen-bond donors (Lipinski definition) is 2. The second kappa shape index (κ2) is 7.32. The summed E-state index contributed by atoms with van der Waals surface area (Å²) in [6, 6.07) is 3.39. The van der Waals surface area contributed by atoms with Gasteiger partial charge in [-0.15, -0.1) is 0 Å². The zero-order chi connectivity index (χ0) is 18.9. The molecule has 0 bridgehead atoms. The summed E-state index contributed by atoms with van der Waals surface area (Å²) in [6.07, 6.45) is 3.42. The normalized spacial score (nSPS) is 21.5. The minimum Gasteiger partial charge on any atom is -0.389 e. The maximum absolute atomic E-state index is 12.9. The van der Waals surface area contributed by atoms with Crippen molar-refractivity contribution in [1.29, 1.82) is 0 Å².